The molecule has 58 heavy (non-hydrogen) atoms. The second kappa shape index (κ2) is 37.4. The van der Waals surface area contributed by atoms with Crippen molar-refractivity contribution in [1.82, 2.24) is 0 Å². The molecule has 0 aliphatic carbocycles. The number of aliphatic hydroxyl groups is 3. The maximum atomic E-state index is 12.8. The molecule has 1 fully saturated rings. The SMILES string of the molecule is CCCCCC/C=C\C/C=C\CCCCCCCC(=O)OCC(COC1OC(C(=O)O)C(O)C(O)C1O)OC(=O)CCCCCCC/C=C\CCCCCCCCC. The highest BCUT2D eigenvalue weighted by Crippen LogP contribution is 2.23. The third-order valence-electron chi connectivity index (χ3n) is 10.5. The Morgan fingerprint density at radius 2 is 0.966 bits per heavy atom. The maximum absolute atomic E-state index is 12.8. The summed E-state index contributed by atoms with van der Waals surface area (Å²) in [6.07, 6.45) is 33.3. The molecule has 0 aromatic carbocycles. The van der Waals surface area contributed by atoms with Gasteiger partial charge < -0.3 is 39.4 Å². The molecule has 11 nitrogen and oxygen atoms in total. The molecule has 0 amide bonds. The quantitative estimate of drug-likeness (QED) is 0.0266. The van der Waals surface area contributed by atoms with Crippen LogP contribution in [0.1, 0.15) is 194 Å². The summed E-state index contributed by atoms with van der Waals surface area (Å²) in [5.41, 5.74) is 0. The summed E-state index contributed by atoms with van der Waals surface area (Å²) in [5.74, 6) is -2.47. The van der Waals surface area contributed by atoms with Crippen molar-refractivity contribution in [2.75, 3.05) is 13.2 Å². The first-order valence-corrected chi connectivity index (χ1v) is 23.0. The van der Waals surface area contributed by atoms with Gasteiger partial charge in [-0.1, -0.05) is 147 Å². The van der Waals surface area contributed by atoms with Gasteiger partial charge in [0.1, 0.15) is 24.9 Å². The van der Waals surface area contributed by atoms with Gasteiger partial charge in [-0.3, -0.25) is 9.59 Å². The van der Waals surface area contributed by atoms with Crippen molar-refractivity contribution < 1.29 is 53.8 Å². The van der Waals surface area contributed by atoms with Crippen molar-refractivity contribution >= 4 is 17.9 Å². The van der Waals surface area contributed by atoms with Crippen LogP contribution < -0.4 is 0 Å². The molecule has 0 bridgehead atoms. The summed E-state index contributed by atoms with van der Waals surface area (Å²) >= 11 is 0. The summed E-state index contributed by atoms with van der Waals surface area (Å²) in [5, 5.41) is 39.8. The second-order valence-electron chi connectivity index (χ2n) is 15.9. The molecule has 0 radical (unpaired) electrons. The number of ether oxygens (including phenoxy) is 4. The Hall–Kier alpha value is -2.57. The highest BCUT2D eigenvalue weighted by molar-refractivity contribution is 5.73. The monoisotopic (exact) mass is 823 g/mol. The van der Waals surface area contributed by atoms with Crippen molar-refractivity contribution in [3.05, 3.63) is 36.5 Å². The first-order chi connectivity index (χ1) is 28.2. The number of carboxylic acids is 1. The number of carbonyl (C=O) groups is 3. The fraction of sp³-hybridized carbons (Fsp3) is 0.809. The number of aliphatic hydroxyl groups excluding tert-OH is 3. The number of hydrogen-bond donors (Lipinski definition) is 4. The van der Waals surface area contributed by atoms with Gasteiger partial charge in [0.05, 0.1) is 6.61 Å². The van der Waals surface area contributed by atoms with Crippen LogP contribution >= 0.6 is 0 Å². The molecule has 0 saturated carbocycles. The number of carboxylic acid groups (broad SMARTS) is 1. The summed E-state index contributed by atoms with van der Waals surface area (Å²) in [4.78, 5) is 36.8. The standard InChI is InChI=1S/C47H82O11/c1-3-5-7-9-11-13-15-17-19-21-23-25-27-29-31-33-35-40(48)55-37-39(38-56-47-44(52)42(50)43(51)45(58-47)46(53)54)57-41(49)36-34-32-30-28-26-24-22-20-18-16-14-12-10-8-6-4-2/h13,15,19-22,39,42-45,47,50-52H,3-12,14,16-18,23-38H2,1-2H3,(H,53,54)/b15-13-,21-19-,22-20-. The van der Waals surface area contributed by atoms with E-state index in [1.807, 2.05) is 0 Å². The van der Waals surface area contributed by atoms with Gasteiger partial charge in [-0.2, -0.15) is 0 Å². The number of rotatable bonds is 38. The van der Waals surface area contributed by atoms with Gasteiger partial charge in [0, 0.05) is 12.8 Å². The molecule has 4 N–H and O–H groups in total. The van der Waals surface area contributed by atoms with Crippen molar-refractivity contribution in [3.63, 3.8) is 0 Å². The summed E-state index contributed by atoms with van der Waals surface area (Å²) in [6, 6.07) is 0. The Kier molecular flexibility index (Phi) is 34.5. The number of unbranched alkanes of at least 4 members (excludes halogenated alkanes) is 21. The fourth-order valence-electron chi connectivity index (χ4n) is 6.79. The summed E-state index contributed by atoms with van der Waals surface area (Å²) in [6.45, 7) is 3.78. The predicted octanol–water partition coefficient (Wildman–Crippen LogP) is 9.98. The van der Waals surface area contributed by atoms with E-state index in [0.717, 1.165) is 83.5 Å². The van der Waals surface area contributed by atoms with E-state index in [2.05, 4.69) is 50.3 Å². The summed E-state index contributed by atoms with van der Waals surface area (Å²) < 4.78 is 21.7. The lowest BCUT2D eigenvalue weighted by Gasteiger charge is -2.38. The molecule has 1 aliphatic heterocycles. The van der Waals surface area contributed by atoms with Crippen LogP contribution in [0, 0.1) is 0 Å². The van der Waals surface area contributed by atoms with E-state index in [9.17, 15) is 34.8 Å². The first kappa shape index (κ1) is 53.4. The molecule has 1 rings (SSSR count). The minimum Gasteiger partial charge on any atom is -0.479 e. The average Bonchev–Trinajstić information content (AvgIpc) is 3.21. The zero-order valence-corrected chi connectivity index (χ0v) is 36.3. The minimum atomic E-state index is -1.86. The second-order valence-corrected chi connectivity index (χ2v) is 15.9. The van der Waals surface area contributed by atoms with Crippen molar-refractivity contribution in [3.8, 4) is 0 Å². The molecular weight excluding hydrogens is 741 g/mol. The van der Waals surface area contributed by atoms with Gasteiger partial charge in [0.15, 0.2) is 18.5 Å². The van der Waals surface area contributed by atoms with Crippen LogP contribution in [0.5, 0.6) is 0 Å². The van der Waals surface area contributed by atoms with Crippen LogP contribution in [0.4, 0.5) is 0 Å². The lowest BCUT2D eigenvalue weighted by atomic mass is 9.99. The molecule has 0 aromatic heterocycles. The van der Waals surface area contributed by atoms with Crippen molar-refractivity contribution in [1.29, 1.82) is 0 Å². The number of hydrogen-bond acceptors (Lipinski definition) is 10. The Morgan fingerprint density at radius 1 is 0.534 bits per heavy atom. The van der Waals surface area contributed by atoms with Gasteiger partial charge in [-0.05, 0) is 70.6 Å². The lowest BCUT2D eigenvalue weighted by Crippen LogP contribution is -2.60. The predicted molar refractivity (Wildman–Crippen MR) is 229 cm³/mol. The van der Waals surface area contributed by atoms with Crippen LogP contribution in [0.3, 0.4) is 0 Å². The van der Waals surface area contributed by atoms with Gasteiger partial charge in [0.25, 0.3) is 0 Å². The van der Waals surface area contributed by atoms with Crippen molar-refractivity contribution in [2.24, 2.45) is 0 Å². The summed E-state index contributed by atoms with van der Waals surface area (Å²) in [7, 11) is 0. The number of esters is 2. The Morgan fingerprint density at radius 3 is 1.47 bits per heavy atom. The van der Waals surface area contributed by atoms with Crippen LogP contribution in [-0.4, -0.2) is 88.4 Å². The molecule has 1 heterocycles. The smallest absolute Gasteiger partial charge is 0.335 e. The van der Waals surface area contributed by atoms with Crippen molar-refractivity contribution in [2.45, 2.75) is 230 Å². The Balaban J connectivity index is 2.38. The topological polar surface area (TPSA) is 169 Å². The van der Waals surface area contributed by atoms with E-state index in [0.29, 0.717) is 12.8 Å². The highest BCUT2D eigenvalue weighted by atomic mass is 16.7. The van der Waals surface area contributed by atoms with E-state index < -0.39 is 61.3 Å². The van der Waals surface area contributed by atoms with Gasteiger partial charge in [-0.25, -0.2) is 4.79 Å². The average molecular weight is 823 g/mol. The molecule has 1 saturated heterocycles. The largest absolute Gasteiger partial charge is 0.479 e. The van der Waals surface area contributed by atoms with Crippen LogP contribution in [0.2, 0.25) is 0 Å². The molecule has 336 valence electrons. The third-order valence-corrected chi connectivity index (χ3v) is 10.5. The van der Waals surface area contributed by atoms with E-state index in [1.54, 1.807) is 0 Å². The number of carbonyl (C=O) groups excluding carboxylic acids is 2. The number of aliphatic carboxylic acids is 1. The maximum Gasteiger partial charge on any atom is 0.335 e. The normalized spacial score (nSPS) is 20.3. The van der Waals surface area contributed by atoms with Crippen LogP contribution in [0.25, 0.3) is 0 Å². The van der Waals surface area contributed by atoms with Gasteiger partial charge in [0.2, 0.25) is 0 Å². The van der Waals surface area contributed by atoms with E-state index in [4.69, 9.17) is 18.9 Å². The first-order valence-electron chi connectivity index (χ1n) is 23.0. The minimum absolute atomic E-state index is 0.170. The molecule has 6 atom stereocenters. The molecule has 6 unspecified atom stereocenters. The van der Waals surface area contributed by atoms with Gasteiger partial charge >= 0.3 is 17.9 Å². The zero-order chi connectivity index (χ0) is 42.5. The van der Waals surface area contributed by atoms with Gasteiger partial charge in [-0.15, -0.1) is 0 Å². The molecular formula is C47H82O11. The Labute approximate surface area is 351 Å². The zero-order valence-electron chi connectivity index (χ0n) is 36.3. The van der Waals surface area contributed by atoms with E-state index in [-0.39, 0.29) is 19.4 Å². The Bertz CT molecular complexity index is 1110. The van der Waals surface area contributed by atoms with Crippen LogP contribution in [-0.2, 0) is 33.3 Å². The molecule has 0 aromatic rings. The fourth-order valence-corrected chi connectivity index (χ4v) is 6.79. The lowest BCUT2D eigenvalue weighted by molar-refractivity contribution is -0.298. The third kappa shape index (κ3) is 28.8. The molecule has 1 aliphatic rings. The molecule has 11 heteroatoms. The van der Waals surface area contributed by atoms with Crippen LogP contribution in [0.15, 0.2) is 36.5 Å². The highest BCUT2D eigenvalue weighted by Gasteiger charge is 2.47. The number of allylic oxidation sites excluding steroid dienone is 6. The van der Waals surface area contributed by atoms with E-state index in [1.165, 1.54) is 70.6 Å². The van der Waals surface area contributed by atoms with E-state index >= 15 is 0 Å². The molecule has 0 spiro atoms.